The molecule has 2 N–H and O–H groups in total. The third-order valence-electron chi connectivity index (χ3n) is 6.60. The lowest BCUT2D eigenvalue weighted by Crippen LogP contribution is -2.68. The smallest absolute Gasteiger partial charge is 0.261 e. The van der Waals surface area contributed by atoms with Crippen molar-refractivity contribution in [3.8, 4) is 0 Å². The van der Waals surface area contributed by atoms with Gasteiger partial charge >= 0.3 is 0 Å². The van der Waals surface area contributed by atoms with Gasteiger partial charge in [-0.3, -0.25) is 0 Å². The first-order valence-electron chi connectivity index (χ1n) is 12.2. The third-order valence-corrected chi connectivity index (χ3v) is 11.6. The van der Waals surface area contributed by atoms with Gasteiger partial charge in [0.05, 0.1) is 6.61 Å². The summed E-state index contributed by atoms with van der Waals surface area (Å²) in [6, 6.07) is 20.6. The summed E-state index contributed by atoms with van der Waals surface area (Å²) in [5, 5.41) is 23.9. The summed E-state index contributed by atoms with van der Waals surface area (Å²) in [5.74, 6) is 0. The first-order valence-corrected chi connectivity index (χ1v) is 14.1. The number of aliphatic hydroxyl groups excluding tert-OH is 2. The highest BCUT2D eigenvalue weighted by Crippen LogP contribution is 2.37. The number of benzene rings is 2. The minimum absolute atomic E-state index is 0.118. The van der Waals surface area contributed by atoms with Crippen LogP contribution in [0, 0.1) is 0 Å². The van der Waals surface area contributed by atoms with Crippen LogP contribution in [0.25, 0.3) is 0 Å². The van der Waals surface area contributed by atoms with Gasteiger partial charge in [-0.15, -0.1) is 0 Å². The predicted molar refractivity (Wildman–Crippen MR) is 136 cm³/mol. The summed E-state index contributed by atoms with van der Waals surface area (Å²) in [4.78, 5) is 0. The first-order chi connectivity index (χ1) is 16.3. The second-order valence-electron chi connectivity index (χ2n) is 9.92. The highest BCUT2D eigenvalue weighted by Gasteiger charge is 2.52. The summed E-state index contributed by atoms with van der Waals surface area (Å²) in [7, 11) is -1.29. The lowest BCUT2D eigenvalue weighted by Gasteiger charge is -2.46. The summed E-state index contributed by atoms with van der Waals surface area (Å²) in [5.41, 5.74) is 0. The van der Waals surface area contributed by atoms with Crippen molar-refractivity contribution < 1.29 is 28.8 Å². The number of aliphatic hydroxyl groups is 2. The van der Waals surface area contributed by atoms with Crippen molar-refractivity contribution in [3.05, 3.63) is 60.7 Å². The molecule has 1 aliphatic rings. The van der Waals surface area contributed by atoms with Gasteiger partial charge in [-0.05, 0) is 21.8 Å². The minimum atomic E-state index is -2.80. The fraction of sp³-hybridized carbons (Fsp3) is 0.556. The predicted octanol–water partition coefficient (Wildman–Crippen LogP) is 2.84. The van der Waals surface area contributed by atoms with E-state index in [1.165, 1.54) is 7.11 Å². The average Bonchev–Trinajstić information content (AvgIpc) is 2.83. The van der Waals surface area contributed by atoms with E-state index in [2.05, 4.69) is 52.0 Å². The molecule has 1 fully saturated rings. The molecule has 6 nitrogen and oxygen atoms in total. The molecule has 0 bridgehead atoms. The van der Waals surface area contributed by atoms with E-state index in [-0.39, 0.29) is 11.6 Å². The van der Waals surface area contributed by atoms with Crippen molar-refractivity contribution in [1.29, 1.82) is 0 Å². The van der Waals surface area contributed by atoms with E-state index in [0.717, 1.165) is 23.2 Å². The molecule has 1 saturated heterocycles. The van der Waals surface area contributed by atoms with Gasteiger partial charge in [0.1, 0.15) is 24.4 Å². The number of hydrogen-bond donors (Lipinski definition) is 2. The number of unbranched alkanes of at least 4 members (excludes halogenated alkanes) is 1. The van der Waals surface area contributed by atoms with Gasteiger partial charge in [-0.25, -0.2) is 0 Å². The molecule has 2 aromatic carbocycles. The molecule has 0 spiro atoms. The lowest BCUT2D eigenvalue weighted by molar-refractivity contribution is -0.299. The van der Waals surface area contributed by atoms with Crippen molar-refractivity contribution in [2.75, 3.05) is 20.3 Å². The van der Waals surface area contributed by atoms with Crippen LogP contribution in [0.2, 0.25) is 5.04 Å². The van der Waals surface area contributed by atoms with E-state index in [1.807, 2.05) is 36.4 Å². The largest absolute Gasteiger partial charge is 0.405 e. The van der Waals surface area contributed by atoms with Gasteiger partial charge in [0.15, 0.2) is 6.29 Å². The van der Waals surface area contributed by atoms with E-state index in [9.17, 15) is 10.2 Å². The zero-order valence-electron chi connectivity index (χ0n) is 21.0. The molecule has 5 atom stereocenters. The lowest BCUT2D eigenvalue weighted by atomic mass is 9.99. The van der Waals surface area contributed by atoms with Crippen LogP contribution in [0.1, 0.15) is 40.5 Å². The minimum Gasteiger partial charge on any atom is -0.405 e. The Bertz CT molecular complexity index is 817. The van der Waals surface area contributed by atoms with Crippen LogP contribution in [0.5, 0.6) is 0 Å². The molecule has 0 unspecified atom stereocenters. The SMILES string of the molecule is CCCCO[C@@H]1[C@@H](OC)[C@H](O)[C@@H](CO[Si](c2ccccc2)(c2ccccc2)C(C)(C)C)O[C@@H]1O. The normalized spacial score (nSPS) is 25.9. The van der Waals surface area contributed by atoms with Gasteiger partial charge < -0.3 is 28.8 Å². The molecule has 34 heavy (non-hydrogen) atoms. The Hall–Kier alpha value is -1.58. The van der Waals surface area contributed by atoms with Crippen LogP contribution in [0.15, 0.2) is 60.7 Å². The Morgan fingerprint density at radius 3 is 1.94 bits per heavy atom. The molecule has 7 heteroatoms. The van der Waals surface area contributed by atoms with E-state index >= 15 is 0 Å². The zero-order chi connectivity index (χ0) is 24.8. The monoisotopic (exact) mass is 488 g/mol. The van der Waals surface area contributed by atoms with Crippen molar-refractivity contribution in [3.63, 3.8) is 0 Å². The van der Waals surface area contributed by atoms with E-state index < -0.39 is 39.0 Å². The third kappa shape index (κ3) is 5.62. The van der Waals surface area contributed by atoms with Gasteiger partial charge in [0.25, 0.3) is 8.32 Å². The number of methoxy groups -OCH3 is 1. The Morgan fingerprint density at radius 1 is 0.912 bits per heavy atom. The Labute approximate surface area is 205 Å². The molecule has 0 saturated carbocycles. The van der Waals surface area contributed by atoms with E-state index in [0.29, 0.717) is 6.61 Å². The molecule has 0 radical (unpaired) electrons. The summed E-state index contributed by atoms with van der Waals surface area (Å²) < 4.78 is 24.1. The van der Waals surface area contributed by atoms with E-state index in [4.69, 9.17) is 18.6 Å². The maximum Gasteiger partial charge on any atom is 0.261 e. The molecular formula is C27H40O6Si. The molecule has 0 aliphatic carbocycles. The molecule has 188 valence electrons. The fourth-order valence-corrected chi connectivity index (χ4v) is 9.40. The quantitative estimate of drug-likeness (QED) is 0.396. The highest BCUT2D eigenvalue weighted by molar-refractivity contribution is 6.99. The van der Waals surface area contributed by atoms with Gasteiger partial charge in [-0.2, -0.15) is 0 Å². The molecule has 2 aromatic rings. The van der Waals surface area contributed by atoms with Gasteiger partial charge in [0, 0.05) is 13.7 Å². The topological polar surface area (TPSA) is 77.4 Å². The average molecular weight is 489 g/mol. The van der Waals surface area contributed by atoms with Gasteiger partial charge in [0.2, 0.25) is 0 Å². The summed E-state index contributed by atoms with van der Waals surface area (Å²) >= 11 is 0. The molecular weight excluding hydrogens is 448 g/mol. The van der Waals surface area contributed by atoms with Crippen LogP contribution in [0.4, 0.5) is 0 Å². The highest BCUT2D eigenvalue weighted by atomic mass is 28.4. The molecule has 1 aliphatic heterocycles. The summed E-state index contributed by atoms with van der Waals surface area (Å²) in [6.45, 7) is 9.24. The number of ether oxygens (including phenoxy) is 3. The van der Waals surface area contributed by atoms with Crippen molar-refractivity contribution >= 4 is 18.7 Å². The maximum absolute atomic E-state index is 11.1. The standard InChI is InChI=1S/C27H40O6Si/c1-6-7-18-31-25-24(30-5)23(28)22(33-26(25)29)19-32-34(27(2,3)4,20-14-10-8-11-15-20)21-16-12-9-13-17-21/h8-17,22-26,28-29H,6-7,18-19H2,1-5H3/t22-,23-,24+,25-,26+/m1/s1. The molecule has 1 heterocycles. The maximum atomic E-state index is 11.1. The number of hydrogen-bond acceptors (Lipinski definition) is 6. The van der Waals surface area contributed by atoms with Crippen molar-refractivity contribution in [1.82, 2.24) is 0 Å². The second-order valence-corrected chi connectivity index (χ2v) is 14.2. The molecule has 3 rings (SSSR count). The van der Waals surface area contributed by atoms with Gasteiger partial charge in [-0.1, -0.05) is 94.8 Å². The Kier molecular flexibility index (Phi) is 9.46. The van der Waals surface area contributed by atoms with E-state index in [1.54, 1.807) is 0 Å². The Morgan fingerprint density at radius 2 is 1.47 bits per heavy atom. The van der Waals surface area contributed by atoms with Crippen LogP contribution in [-0.2, 0) is 18.6 Å². The fourth-order valence-electron chi connectivity index (χ4n) is 4.83. The zero-order valence-corrected chi connectivity index (χ0v) is 22.0. The second kappa shape index (κ2) is 11.9. The summed E-state index contributed by atoms with van der Waals surface area (Å²) in [6.07, 6.45) is -2.61. The van der Waals surface area contributed by atoms with Crippen LogP contribution in [0.3, 0.4) is 0 Å². The van der Waals surface area contributed by atoms with Crippen LogP contribution >= 0.6 is 0 Å². The number of rotatable bonds is 10. The first kappa shape index (κ1) is 27.0. The van der Waals surface area contributed by atoms with Crippen molar-refractivity contribution in [2.45, 2.75) is 76.3 Å². The van der Waals surface area contributed by atoms with Crippen molar-refractivity contribution in [2.24, 2.45) is 0 Å². The van der Waals surface area contributed by atoms with Crippen LogP contribution in [-0.4, -0.2) is 69.6 Å². The molecule has 0 amide bonds. The molecule has 0 aromatic heterocycles. The Balaban J connectivity index is 1.90. The van der Waals surface area contributed by atoms with Crippen LogP contribution < -0.4 is 10.4 Å².